The molecule has 0 bridgehead atoms. The van der Waals surface area contributed by atoms with E-state index in [4.69, 9.17) is 9.47 Å². The van der Waals surface area contributed by atoms with Crippen molar-refractivity contribution in [1.82, 2.24) is 5.32 Å². The fourth-order valence-corrected chi connectivity index (χ4v) is 1.23. The van der Waals surface area contributed by atoms with Crippen molar-refractivity contribution in [3.63, 3.8) is 0 Å². The smallest absolute Gasteiger partial charge is 0.251 e. The van der Waals surface area contributed by atoms with E-state index in [9.17, 15) is 4.79 Å². The maximum Gasteiger partial charge on any atom is 0.251 e. The Labute approximate surface area is 89.2 Å². The third-order valence-electron chi connectivity index (χ3n) is 1.95. The highest BCUT2D eigenvalue weighted by Gasteiger charge is 2.09. The molecular weight excluding hydrogens is 194 g/mol. The van der Waals surface area contributed by atoms with Crippen LogP contribution in [0.25, 0.3) is 0 Å². The summed E-state index contributed by atoms with van der Waals surface area (Å²) in [5, 5.41) is 2.55. The summed E-state index contributed by atoms with van der Waals surface area (Å²) in [6, 6.07) is 5.09. The van der Waals surface area contributed by atoms with Crippen molar-refractivity contribution in [1.29, 1.82) is 0 Å². The van der Waals surface area contributed by atoms with Crippen LogP contribution >= 0.6 is 0 Å². The fourth-order valence-electron chi connectivity index (χ4n) is 1.23. The maximum absolute atomic E-state index is 11.3. The number of hydrogen-bond acceptors (Lipinski definition) is 3. The second kappa shape index (κ2) is 5.24. The van der Waals surface area contributed by atoms with Crippen molar-refractivity contribution in [2.24, 2.45) is 0 Å². The molecule has 0 saturated heterocycles. The molecule has 0 saturated carbocycles. The van der Waals surface area contributed by atoms with Crippen LogP contribution in [0, 0.1) is 0 Å². The minimum atomic E-state index is -0.142. The van der Waals surface area contributed by atoms with E-state index >= 15 is 0 Å². The van der Waals surface area contributed by atoms with Gasteiger partial charge in [0.2, 0.25) is 0 Å². The normalized spacial score (nSPS) is 9.53. The Hall–Kier alpha value is -1.71. The van der Waals surface area contributed by atoms with E-state index in [1.807, 2.05) is 6.92 Å². The molecular formula is C11H15NO3. The number of methoxy groups -OCH3 is 1. The first-order valence-electron chi connectivity index (χ1n) is 4.75. The Balaban J connectivity index is 3.01. The predicted molar refractivity (Wildman–Crippen MR) is 57.6 cm³/mol. The Bertz CT molecular complexity index is 350. The number of hydrogen-bond donors (Lipinski definition) is 1. The van der Waals surface area contributed by atoms with Gasteiger partial charge in [0.1, 0.15) is 0 Å². The van der Waals surface area contributed by atoms with Crippen molar-refractivity contribution < 1.29 is 14.3 Å². The minimum Gasteiger partial charge on any atom is -0.493 e. The molecule has 0 heterocycles. The van der Waals surface area contributed by atoms with Gasteiger partial charge in [0.15, 0.2) is 11.5 Å². The molecule has 82 valence electrons. The van der Waals surface area contributed by atoms with Crippen molar-refractivity contribution in [3.8, 4) is 11.5 Å². The molecule has 0 spiro atoms. The molecule has 4 heteroatoms. The van der Waals surface area contributed by atoms with Crippen LogP contribution in [0.2, 0.25) is 0 Å². The molecule has 0 unspecified atom stereocenters. The van der Waals surface area contributed by atoms with Crippen molar-refractivity contribution in [2.45, 2.75) is 6.92 Å². The molecule has 0 aliphatic heterocycles. The third kappa shape index (κ3) is 2.62. The Morgan fingerprint density at radius 1 is 1.40 bits per heavy atom. The second-order valence-electron chi connectivity index (χ2n) is 2.88. The van der Waals surface area contributed by atoms with Gasteiger partial charge in [0.05, 0.1) is 13.7 Å². The topological polar surface area (TPSA) is 47.6 Å². The van der Waals surface area contributed by atoms with E-state index < -0.39 is 0 Å². The van der Waals surface area contributed by atoms with Crippen molar-refractivity contribution in [3.05, 3.63) is 23.8 Å². The number of benzene rings is 1. The molecule has 1 amide bonds. The van der Waals surface area contributed by atoms with E-state index in [1.165, 1.54) is 0 Å². The lowest BCUT2D eigenvalue weighted by atomic mass is 10.2. The van der Waals surface area contributed by atoms with Gasteiger partial charge in [0, 0.05) is 12.6 Å². The molecule has 1 aromatic rings. The van der Waals surface area contributed by atoms with E-state index in [2.05, 4.69) is 5.32 Å². The van der Waals surface area contributed by atoms with E-state index in [1.54, 1.807) is 32.4 Å². The molecule has 0 fully saturated rings. The zero-order valence-corrected chi connectivity index (χ0v) is 9.16. The number of nitrogens with one attached hydrogen (secondary N) is 1. The largest absolute Gasteiger partial charge is 0.493 e. The first kappa shape index (κ1) is 11.4. The minimum absolute atomic E-state index is 0.142. The summed E-state index contributed by atoms with van der Waals surface area (Å²) in [6.45, 7) is 2.46. The Morgan fingerprint density at radius 2 is 2.13 bits per heavy atom. The standard InChI is InChI=1S/C11H15NO3/c1-4-15-9-6-5-8(11(13)12-2)7-10(9)14-3/h5-7H,4H2,1-3H3,(H,12,13). The summed E-state index contributed by atoms with van der Waals surface area (Å²) in [7, 11) is 3.14. The van der Waals surface area contributed by atoms with Crippen molar-refractivity contribution in [2.75, 3.05) is 20.8 Å². The lowest BCUT2D eigenvalue weighted by Crippen LogP contribution is -2.17. The summed E-state index contributed by atoms with van der Waals surface area (Å²) in [5.41, 5.74) is 0.554. The van der Waals surface area contributed by atoms with Gasteiger partial charge in [-0.3, -0.25) is 4.79 Å². The van der Waals surface area contributed by atoms with Crippen molar-refractivity contribution >= 4 is 5.91 Å². The molecule has 0 atom stereocenters. The molecule has 1 rings (SSSR count). The molecule has 0 aliphatic carbocycles. The van der Waals surface area contributed by atoms with Gasteiger partial charge in [-0.2, -0.15) is 0 Å². The van der Waals surface area contributed by atoms with Gasteiger partial charge in [-0.1, -0.05) is 0 Å². The number of carbonyl (C=O) groups excluding carboxylic acids is 1. The van der Waals surface area contributed by atoms with Crippen LogP contribution in [-0.4, -0.2) is 26.7 Å². The lowest BCUT2D eigenvalue weighted by Gasteiger charge is -2.10. The second-order valence-corrected chi connectivity index (χ2v) is 2.88. The summed E-state index contributed by atoms with van der Waals surface area (Å²) >= 11 is 0. The molecule has 15 heavy (non-hydrogen) atoms. The van der Waals surface area contributed by atoms with Crippen LogP contribution in [0.1, 0.15) is 17.3 Å². The average molecular weight is 209 g/mol. The third-order valence-corrected chi connectivity index (χ3v) is 1.95. The van der Waals surface area contributed by atoms with Gasteiger partial charge >= 0.3 is 0 Å². The lowest BCUT2D eigenvalue weighted by molar-refractivity contribution is 0.0962. The van der Waals surface area contributed by atoms with E-state index in [0.717, 1.165) is 0 Å². The molecule has 0 aromatic heterocycles. The highest BCUT2D eigenvalue weighted by atomic mass is 16.5. The van der Waals surface area contributed by atoms with Gasteiger partial charge in [0.25, 0.3) is 5.91 Å². The van der Waals surface area contributed by atoms with Crippen LogP contribution < -0.4 is 14.8 Å². The highest BCUT2D eigenvalue weighted by molar-refractivity contribution is 5.94. The van der Waals surface area contributed by atoms with Crippen LogP contribution in [0.3, 0.4) is 0 Å². The molecule has 1 aromatic carbocycles. The quantitative estimate of drug-likeness (QED) is 0.816. The van der Waals surface area contributed by atoms with Gasteiger partial charge in [-0.15, -0.1) is 0 Å². The first-order valence-corrected chi connectivity index (χ1v) is 4.75. The number of rotatable bonds is 4. The molecule has 0 aliphatic rings. The number of carbonyl (C=O) groups is 1. The average Bonchev–Trinajstić information content (AvgIpc) is 2.29. The fraction of sp³-hybridized carbons (Fsp3) is 0.364. The SMILES string of the molecule is CCOc1ccc(C(=O)NC)cc1OC. The Kier molecular flexibility index (Phi) is 3.97. The highest BCUT2D eigenvalue weighted by Crippen LogP contribution is 2.27. The van der Waals surface area contributed by atoms with Gasteiger partial charge < -0.3 is 14.8 Å². The molecule has 1 N–H and O–H groups in total. The van der Waals surface area contributed by atoms with Crippen LogP contribution in [0.4, 0.5) is 0 Å². The maximum atomic E-state index is 11.3. The van der Waals surface area contributed by atoms with Crippen LogP contribution in [0.15, 0.2) is 18.2 Å². The zero-order valence-electron chi connectivity index (χ0n) is 9.16. The molecule has 0 radical (unpaired) electrons. The van der Waals surface area contributed by atoms with Crippen LogP contribution in [0.5, 0.6) is 11.5 Å². The van der Waals surface area contributed by atoms with Gasteiger partial charge in [-0.05, 0) is 25.1 Å². The number of ether oxygens (including phenoxy) is 2. The predicted octanol–water partition coefficient (Wildman–Crippen LogP) is 1.45. The monoisotopic (exact) mass is 209 g/mol. The summed E-state index contributed by atoms with van der Waals surface area (Å²) in [5.74, 6) is 1.07. The Morgan fingerprint density at radius 3 is 2.67 bits per heavy atom. The first-order chi connectivity index (χ1) is 7.22. The number of amides is 1. The van der Waals surface area contributed by atoms with Crippen LogP contribution in [-0.2, 0) is 0 Å². The summed E-state index contributed by atoms with van der Waals surface area (Å²) in [6.07, 6.45) is 0. The molecule has 4 nitrogen and oxygen atoms in total. The van der Waals surface area contributed by atoms with E-state index in [-0.39, 0.29) is 5.91 Å². The summed E-state index contributed by atoms with van der Waals surface area (Å²) < 4.78 is 10.5. The zero-order chi connectivity index (χ0) is 11.3. The summed E-state index contributed by atoms with van der Waals surface area (Å²) in [4.78, 5) is 11.3. The van der Waals surface area contributed by atoms with Gasteiger partial charge in [-0.25, -0.2) is 0 Å². The van der Waals surface area contributed by atoms with E-state index in [0.29, 0.717) is 23.7 Å².